The van der Waals surface area contributed by atoms with Gasteiger partial charge >= 0.3 is 0 Å². The molecule has 0 aliphatic carbocycles. The lowest BCUT2D eigenvalue weighted by molar-refractivity contribution is 0.0713. The van der Waals surface area contributed by atoms with Gasteiger partial charge in [-0.15, -0.1) is 0 Å². The lowest BCUT2D eigenvalue weighted by atomic mass is 10.1. The SMILES string of the molecule is CCCCCCN1C[C@@H]2Oc3cc(-c4cnn(C)c4)ccc3S(=O)(=O)NC[C@H](O)CN(C)[C@@H]2C1. The van der Waals surface area contributed by atoms with Gasteiger partial charge in [0.25, 0.3) is 0 Å². The number of nitrogens with zero attached hydrogens (tertiary/aromatic N) is 4. The van der Waals surface area contributed by atoms with E-state index in [1.165, 1.54) is 19.3 Å². The van der Waals surface area contributed by atoms with Gasteiger partial charge in [0.15, 0.2) is 0 Å². The number of benzene rings is 1. The van der Waals surface area contributed by atoms with Crippen molar-refractivity contribution in [2.45, 2.75) is 55.8 Å². The summed E-state index contributed by atoms with van der Waals surface area (Å²) in [4.78, 5) is 4.60. The van der Waals surface area contributed by atoms with Crippen LogP contribution in [0.5, 0.6) is 5.75 Å². The number of likely N-dealkylation sites (N-methyl/N-ethyl adjacent to an activating group) is 1. The number of nitrogens with one attached hydrogen (secondary N) is 1. The minimum absolute atomic E-state index is 0.0470. The summed E-state index contributed by atoms with van der Waals surface area (Å²) in [6.45, 7) is 5.08. The molecule has 1 aromatic carbocycles. The smallest absolute Gasteiger partial charge is 0.244 e. The molecule has 188 valence electrons. The van der Waals surface area contributed by atoms with Gasteiger partial charge in [-0.3, -0.25) is 14.5 Å². The van der Waals surface area contributed by atoms with Gasteiger partial charge in [-0.05, 0) is 37.7 Å². The van der Waals surface area contributed by atoms with Crippen molar-refractivity contribution in [2.24, 2.45) is 7.05 Å². The third-order valence-corrected chi connectivity index (χ3v) is 8.23. The Morgan fingerprint density at radius 3 is 2.71 bits per heavy atom. The van der Waals surface area contributed by atoms with Crippen LogP contribution in [0.2, 0.25) is 0 Å². The largest absolute Gasteiger partial charge is 0.486 e. The van der Waals surface area contributed by atoms with Crippen molar-refractivity contribution in [1.29, 1.82) is 0 Å². The zero-order valence-corrected chi connectivity index (χ0v) is 21.2. The molecule has 1 fully saturated rings. The lowest BCUT2D eigenvalue weighted by Crippen LogP contribution is -2.47. The third kappa shape index (κ3) is 5.80. The summed E-state index contributed by atoms with van der Waals surface area (Å²) in [5, 5.41) is 14.8. The second-order valence-corrected chi connectivity index (χ2v) is 11.3. The maximum Gasteiger partial charge on any atom is 0.244 e. The van der Waals surface area contributed by atoms with Crippen LogP contribution in [0.3, 0.4) is 0 Å². The van der Waals surface area contributed by atoms with E-state index >= 15 is 0 Å². The number of unbranched alkanes of at least 4 members (excludes halogenated alkanes) is 3. The topological polar surface area (TPSA) is 99.9 Å². The van der Waals surface area contributed by atoms with E-state index in [0.717, 1.165) is 37.2 Å². The molecule has 0 saturated carbocycles. The fourth-order valence-electron chi connectivity index (χ4n) is 4.87. The Morgan fingerprint density at radius 1 is 1.15 bits per heavy atom. The van der Waals surface area contributed by atoms with E-state index < -0.39 is 16.1 Å². The molecule has 3 atom stereocenters. The fourth-order valence-corrected chi connectivity index (χ4v) is 6.05. The molecule has 0 amide bonds. The Labute approximate surface area is 202 Å². The monoisotopic (exact) mass is 491 g/mol. The molecule has 9 nitrogen and oxygen atoms in total. The number of sulfonamides is 1. The van der Waals surface area contributed by atoms with E-state index in [2.05, 4.69) is 26.5 Å². The number of β-amino-alcohol motifs (C(OH)–C–C–N with tert-alkyl or cyclic N) is 1. The predicted octanol–water partition coefficient (Wildman–Crippen LogP) is 1.68. The van der Waals surface area contributed by atoms with Crippen molar-refractivity contribution in [3.8, 4) is 16.9 Å². The van der Waals surface area contributed by atoms with Crippen LogP contribution in [0.25, 0.3) is 11.1 Å². The Hall–Kier alpha value is -1.98. The minimum atomic E-state index is -3.85. The summed E-state index contributed by atoms with van der Waals surface area (Å²) in [5.41, 5.74) is 1.73. The van der Waals surface area contributed by atoms with Gasteiger partial charge in [0, 0.05) is 45.0 Å². The molecule has 2 aliphatic heterocycles. The number of fused-ring (bicyclic) bond motifs is 2. The number of aromatic nitrogens is 2. The first-order chi connectivity index (χ1) is 16.3. The number of rotatable bonds is 6. The van der Waals surface area contributed by atoms with Crippen LogP contribution in [-0.4, -0.2) is 91.1 Å². The molecule has 3 heterocycles. The zero-order valence-electron chi connectivity index (χ0n) is 20.4. The molecule has 1 aromatic heterocycles. The second kappa shape index (κ2) is 10.7. The van der Waals surface area contributed by atoms with Crippen LogP contribution < -0.4 is 9.46 Å². The van der Waals surface area contributed by atoms with Gasteiger partial charge in [0.1, 0.15) is 16.7 Å². The molecule has 4 rings (SSSR count). The quantitative estimate of drug-likeness (QED) is 0.593. The number of ether oxygens (including phenoxy) is 1. The van der Waals surface area contributed by atoms with E-state index in [-0.39, 0.29) is 23.6 Å². The second-order valence-electron chi connectivity index (χ2n) is 9.55. The fraction of sp³-hybridized carbons (Fsp3) is 0.625. The Kier molecular flexibility index (Phi) is 7.94. The van der Waals surface area contributed by atoms with E-state index in [9.17, 15) is 13.5 Å². The zero-order chi connectivity index (χ0) is 24.3. The van der Waals surface area contributed by atoms with Crippen LogP contribution in [0.4, 0.5) is 0 Å². The lowest BCUT2D eigenvalue weighted by Gasteiger charge is -2.30. The molecular formula is C24H37N5O4S. The van der Waals surface area contributed by atoms with Gasteiger partial charge in [-0.2, -0.15) is 5.10 Å². The van der Waals surface area contributed by atoms with Crippen molar-refractivity contribution in [3.63, 3.8) is 0 Å². The molecule has 34 heavy (non-hydrogen) atoms. The summed E-state index contributed by atoms with van der Waals surface area (Å²) < 4.78 is 37.0. The van der Waals surface area contributed by atoms with Crippen molar-refractivity contribution < 1.29 is 18.3 Å². The van der Waals surface area contributed by atoms with Crippen molar-refractivity contribution in [2.75, 3.05) is 39.8 Å². The minimum Gasteiger partial charge on any atom is -0.486 e. The van der Waals surface area contributed by atoms with Crippen LogP contribution >= 0.6 is 0 Å². The summed E-state index contributed by atoms with van der Waals surface area (Å²) >= 11 is 0. The average molecular weight is 492 g/mol. The average Bonchev–Trinajstić information content (AvgIpc) is 3.41. The highest BCUT2D eigenvalue weighted by atomic mass is 32.2. The van der Waals surface area contributed by atoms with Gasteiger partial charge in [0.2, 0.25) is 10.0 Å². The summed E-state index contributed by atoms with van der Waals surface area (Å²) in [6, 6.07) is 5.20. The normalized spacial score (nSPS) is 25.8. The van der Waals surface area contributed by atoms with Gasteiger partial charge in [-0.25, -0.2) is 13.1 Å². The first kappa shape index (κ1) is 25.1. The van der Waals surface area contributed by atoms with Gasteiger partial charge < -0.3 is 9.84 Å². The number of aliphatic hydroxyl groups is 1. The predicted molar refractivity (Wildman–Crippen MR) is 131 cm³/mol. The van der Waals surface area contributed by atoms with E-state index in [1.54, 1.807) is 29.1 Å². The number of likely N-dealkylation sites (tertiary alicyclic amines) is 1. The Bertz CT molecular complexity index is 1070. The van der Waals surface area contributed by atoms with Crippen molar-refractivity contribution >= 4 is 10.0 Å². The summed E-state index contributed by atoms with van der Waals surface area (Å²) in [7, 11) is -0.0303. The number of hydrogen-bond donors (Lipinski definition) is 2. The maximum absolute atomic E-state index is 13.1. The standard InChI is InChI=1S/C24H37N5O4S/c1-4-5-6-7-10-29-16-21-23(17-29)33-22-11-18(19-12-25-28(3)14-19)8-9-24(22)34(31,32)26-13-20(30)15-27(21)2/h8-9,11-12,14,20-21,23,26,30H,4-7,10,13,15-17H2,1-3H3/t20-,21+,23-/m0/s1. The van der Waals surface area contributed by atoms with E-state index in [0.29, 0.717) is 12.3 Å². The van der Waals surface area contributed by atoms with Crippen LogP contribution in [0.1, 0.15) is 32.6 Å². The molecule has 2 N–H and O–H groups in total. The highest BCUT2D eigenvalue weighted by Gasteiger charge is 2.39. The molecule has 0 radical (unpaired) electrons. The highest BCUT2D eigenvalue weighted by molar-refractivity contribution is 7.89. The number of hydrogen-bond acceptors (Lipinski definition) is 7. The maximum atomic E-state index is 13.1. The number of aryl methyl sites for hydroxylation is 1. The molecule has 0 bridgehead atoms. The van der Waals surface area contributed by atoms with Crippen molar-refractivity contribution in [1.82, 2.24) is 24.3 Å². The van der Waals surface area contributed by atoms with Crippen LogP contribution in [-0.2, 0) is 17.1 Å². The van der Waals surface area contributed by atoms with E-state index in [1.807, 2.05) is 20.3 Å². The third-order valence-electron chi connectivity index (χ3n) is 6.76. The highest BCUT2D eigenvalue weighted by Crippen LogP contribution is 2.33. The molecule has 2 aromatic rings. The Balaban J connectivity index is 1.66. The van der Waals surface area contributed by atoms with Crippen LogP contribution in [0.15, 0.2) is 35.5 Å². The summed E-state index contributed by atoms with van der Waals surface area (Å²) in [6.07, 6.45) is 7.40. The molecule has 10 heteroatoms. The van der Waals surface area contributed by atoms with Gasteiger partial charge in [0.05, 0.1) is 18.3 Å². The van der Waals surface area contributed by atoms with Crippen molar-refractivity contribution in [3.05, 3.63) is 30.6 Å². The van der Waals surface area contributed by atoms with Crippen LogP contribution in [0, 0.1) is 0 Å². The molecule has 0 spiro atoms. The summed E-state index contributed by atoms with van der Waals surface area (Å²) in [5.74, 6) is 0.335. The molecular weight excluding hydrogens is 454 g/mol. The molecule has 0 unspecified atom stereocenters. The van der Waals surface area contributed by atoms with Gasteiger partial charge in [-0.1, -0.05) is 32.3 Å². The molecule has 2 aliphatic rings. The Morgan fingerprint density at radius 2 is 1.97 bits per heavy atom. The molecule has 1 saturated heterocycles. The first-order valence-electron chi connectivity index (χ1n) is 12.2. The van der Waals surface area contributed by atoms with E-state index in [4.69, 9.17) is 4.74 Å². The number of aliphatic hydroxyl groups excluding tert-OH is 1. The first-order valence-corrected chi connectivity index (χ1v) is 13.6.